The molecule has 0 bridgehead atoms. The zero-order valence-electron chi connectivity index (χ0n) is 18.7. The van der Waals surface area contributed by atoms with Gasteiger partial charge in [0, 0.05) is 36.1 Å². The zero-order valence-corrected chi connectivity index (χ0v) is 20.3. The molecule has 3 aromatic carbocycles. The van der Waals surface area contributed by atoms with Crippen LogP contribution in [0.2, 0.25) is 5.02 Å². The van der Waals surface area contributed by atoms with E-state index in [0.29, 0.717) is 16.0 Å². The number of hydrogen-bond donors (Lipinski definition) is 1. The van der Waals surface area contributed by atoms with Gasteiger partial charge in [0.15, 0.2) is 11.0 Å². The molecule has 1 heterocycles. The fourth-order valence-electron chi connectivity index (χ4n) is 3.16. The van der Waals surface area contributed by atoms with Crippen molar-refractivity contribution in [3.63, 3.8) is 0 Å². The van der Waals surface area contributed by atoms with Crippen LogP contribution in [0.3, 0.4) is 0 Å². The highest BCUT2D eigenvalue weighted by atomic mass is 35.5. The monoisotopic (exact) mass is 490 g/mol. The summed E-state index contributed by atoms with van der Waals surface area (Å²) in [6, 6.07) is 25.1. The van der Waals surface area contributed by atoms with Gasteiger partial charge in [-0.05, 0) is 42.0 Å². The molecule has 0 saturated carbocycles. The number of carbonyl (C=O) groups is 1. The van der Waals surface area contributed by atoms with Crippen LogP contribution >= 0.6 is 23.4 Å². The Morgan fingerprint density at radius 1 is 1.03 bits per heavy atom. The molecule has 0 unspecified atom stereocenters. The quantitative estimate of drug-likeness (QED) is 0.216. The van der Waals surface area contributed by atoms with E-state index in [1.165, 1.54) is 11.8 Å². The van der Waals surface area contributed by atoms with Gasteiger partial charge in [-0.15, -0.1) is 10.2 Å². The molecule has 0 atom stereocenters. The molecule has 0 aliphatic carbocycles. The Hall–Kier alpha value is -3.62. The number of nitrogens with one attached hydrogen (secondary N) is 1. The summed E-state index contributed by atoms with van der Waals surface area (Å²) in [4.78, 5) is 14.4. The number of hydrogen-bond acceptors (Lipinski definition) is 6. The topological polar surface area (TPSA) is 75.4 Å². The van der Waals surface area contributed by atoms with Gasteiger partial charge in [-0.2, -0.15) is 5.10 Å². The minimum atomic E-state index is -0.238. The number of amides is 1. The second-order valence-corrected chi connectivity index (χ2v) is 8.93. The normalized spacial score (nSPS) is 11.0. The lowest BCUT2D eigenvalue weighted by Gasteiger charge is -2.11. The van der Waals surface area contributed by atoms with E-state index >= 15 is 0 Å². The number of anilines is 1. The third kappa shape index (κ3) is 5.84. The van der Waals surface area contributed by atoms with Gasteiger partial charge in [-0.1, -0.05) is 65.8 Å². The van der Waals surface area contributed by atoms with E-state index in [1.807, 2.05) is 102 Å². The van der Waals surface area contributed by atoms with Crippen molar-refractivity contribution in [2.24, 2.45) is 5.10 Å². The second kappa shape index (κ2) is 11.0. The van der Waals surface area contributed by atoms with Crippen LogP contribution in [0.25, 0.3) is 17.1 Å². The molecule has 9 heteroatoms. The Balaban J connectivity index is 1.45. The molecule has 1 aromatic heterocycles. The molecular formula is C25H23ClN6OS. The van der Waals surface area contributed by atoms with Gasteiger partial charge >= 0.3 is 0 Å². The van der Waals surface area contributed by atoms with Crippen LogP contribution in [-0.4, -0.2) is 46.7 Å². The van der Waals surface area contributed by atoms with Crippen LogP contribution in [0, 0.1) is 0 Å². The van der Waals surface area contributed by atoms with Gasteiger partial charge in [-0.25, -0.2) is 5.43 Å². The van der Waals surface area contributed by atoms with E-state index in [2.05, 4.69) is 20.7 Å². The molecule has 0 fully saturated rings. The van der Waals surface area contributed by atoms with Gasteiger partial charge in [0.2, 0.25) is 0 Å². The maximum Gasteiger partial charge on any atom is 0.250 e. The molecule has 172 valence electrons. The lowest BCUT2D eigenvalue weighted by molar-refractivity contribution is -0.118. The third-order valence-electron chi connectivity index (χ3n) is 4.89. The largest absolute Gasteiger partial charge is 0.378 e. The number of hydrazone groups is 1. The average molecular weight is 491 g/mol. The fraction of sp³-hybridized carbons (Fsp3) is 0.120. The first-order chi connectivity index (χ1) is 16.5. The number of carbonyl (C=O) groups excluding carboxylic acids is 1. The Morgan fingerprint density at radius 2 is 1.74 bits per heavy atom. The predicted molar refractivity (Wildman–Crippen MR) is 139 cm³/mol. The summed E-state index contributed by atoms with van der Waals surface area (Å²) in [5.74, 6) is 0.584. The molecule has 0 saturated heterocycles. The highest BCUT2D eigenvalue weighted by Crippen LogP contribution is 2.28. The summed E-state index contributed by atoms with van der Waals surface area (Å²) in [6.45, 7) is 0. The SMILES string of the molecule is CN(C)c1ccc(/C=N\NC(=O)CSc2nnc(-c3ccccc3)n2-c2ccc(Cl)cc2)cc1. The lowest BCUT2D eigenvalue weighted by atomic mass is 10.2. The Labute approximate surface area is 207 Å². The minimum Gasteiger partial charge on any atom is -0.378 e. The van der Waals surface area contributed by atoms with Gasteiger partial charge < -0.3 is 4.90 Å². The Morgan fingerprint density at radius 3 is 2.41 bits per heavy atom. The van der Waals surface area contributed by atoms with Crippen molar-refractivity contribution in [3.05, 3.63) is 89.4 Å². The van der Waals surface area contributed by atoms with E-state index in [0.717, 1.165) is 22.5 Å². The summed E-state index contributed by atoms with van der Waals surface area (Å²) in [7, 11) is 3.97. The summed E-state index contributed by atoms with van der Waals surface area (Å²) in [6.07, 6.45) is 1.62. The summed E-state index contributed by atoms with van der Waals surface area (Å²) < 4.78 is 1.92. The molecule has 4 aromatic rings. The molecular weight excluding hydrogens is 468 g/mol. The van der Waals surface area contributed by atoms with Gasteiger partial charge in [0.05, 0.1) is 12.0 Å². The van der Waals surface area contributed by atoms with Crippen LogP contribution in [0.1, 0.15) is 5.56 Å². The molecule has 7 nitrogen and oxygen atoms in total. The first-order valence-corrected chi connectivity index (χ1v) is 11.9. The van der Waals surface area contributed by atoms with Crippen molar-refractivity contribution in [2.75, 3.05) is 24.7 Å². The number of rotatable bonds is 8. The molecule has 0 radical (unpaired) electrons. The van der Waals surface area contributed by atoms with Gasteiger partial charge in [0.25, 0.3) is 5.91 Å². The maximum absolute atomic E-state index is 12.4. The molecule has 34 heavy (non-hydrogen) atoms. The predicted octanol–water partition coefficient (Wildman–Crippen LogP) is 4.90. The Bertz CT molecular complexity index is 1270. The summed E-state index contributed by atoms with van der Waals surface area (Å²) in [5, 5.41) is 14.0. The molecule has 1 N–H and O–H groups in total. The molecule has 0 aliphatic heterocycles. The zero-order chi connectivity index (χ0) is 23.9. The third-order valence-corrected chi connectivity index (χ3v) is 6.08. The van der Waals surface area contributed by atoms with Gasteiger partial charge in [0.1, 0.15) is 0 Å². The smallest absolute Gasteiger partial charge is 0.250 e. The number of benzene rings is 3. The van der Waals surface area contributed by atoms with E-state index < -0.39 is 0 Å². The summed E-state index contributed by atoms with van der Waals surface area (Å²) in [5.41, 5.74) is 6.34. The molecule has 4 rings (SSSR count). The first-order valence-electron chi connectivity index (χ1n) is 10.5. The molecule has 1 amide bonds. The van der Waals surface area contributed by atoms with Crippen LogP contribution < -0.4 is 10.3 Å². The second-order valence-electron chi connectivity index (χ2n) is 7.55. The molecule has 0 spiro atoms. The molecule has 0 aliphatic rings. The average Bonchev–Trinajstić information content (AvgIpc) is 3.28. The van der Waals surface area contributed by atoms with Crippen molar-refractivity contribution in [3.8, 4) is 17.1 Å². The number of thioether (sulfide) groups is 1. The van der Waals surface area contributed by atoms with Crippen LogP contribution in [0.4, 0.5) is 5.69 Å². The van der Waals surface area contributed by atoms with Crippen molar-refractivity contribution in [2.45, 2.75) is 5.16 Å². The Kier molecular flexibility index (Phi) is 7.61. The van der Waals surface area contributed by atoms with E-state index in [9.17, 15) is 4.79 Å². The van der Waals surface area contributed by atoms with Crippen molar-refractivity contribution >= 4 is 41.2 Å². The van der Waals surface area contributed by atoms with Crippen molar-refractivity contribution in [1.82, 2.24) is 20.2 Å². The number of aromatic nitrogens is 3. The lowest BCUT2D eigenvalue weighted by Crippen LogP contribution is -2.20. The fourth-order valence-corrected chi connectivity index (χ4v) is 4.03. The van der Waals surface area contributed by atoms with Crippen LogP contribution in [0.5, 0.6) is 0 Å². The first kappa shape index (κ1) is 23.5. The van der Waals surface area contributed by atoms with E-state index in [1.54, 1.807) is 6.21 Å². The van der Waals surface area contributed by atoms with Crippen molar-refractivity contribution in [1.29, 1.82) is 0 Å². The highest BCUT2D eigenvalue weighted by Gasteiger charge is 2.17. The van der Waals surface area contributed by atoms with E-state index in [4.69, 9.17) is 11.6 Å². The number of nitrogens with zero attached hydrogens (tertiary/aromatic N) is 5. The standard InChI is InChI=1S/C25H23ClN6OS/c1-31(2)21-12-8-18(9-13-21)16-27-28-23(33)17-34-25-30-29-24(19-6-4-3-5-7-19)32(25)22-14-10-20(26)11-15-22/h3-16H,17H2,1-2H3,(H,28,33)/b27-16-. The van der Waals surface area contributed by atoms with Crippen LogP contribution in [-0.2, 0) is 4.79 Å². The van der Waals surface area contributed by atoms with Crippen LogP contribution in [0.15, 0.2) is 89.1 Å². The van der Waals surface area contributed by atoms with Gasteiger partial charge in [-0.3, -0.25) is 9.36 Å². The van der Waals surface area contributed by atoms with E-state index in [-0.39, 0.29) is 11.7 Å². The van der Waals surface area contributed by atoms with Crippen molar-refractivity contribution < 1.29 is 4.79 Å². The maximum atomic E-state index is 12.4. The highest BCUT2D eigenvalue weighted by molar-refractivity contribution is 7.99. The minimum absolute atomic E-state index is 0.136. The number of halogens is 1. The summed E-state index contributed by atoms with van der Waals surface area (Å²) >= 11 is 7.36.